The number of aryl methyl sites for hydroxylation is 1. The van der Waals surface area contributed by atoms with Gasteiger partial charge < -0.3 is 5.32 Å². The van der Waals surface area contributed by atoms with Crippen molar-refractivity contribution in [2.24, 2.45) is 0 Å². The van der Waals surface area contributed by atoms with Crippen LogP contribution in [0.2, 0.25) is 0 Å². The van der Waals surface area contributed by atoms with Crippen molar-refractivity contribution in [1.82, 2.24) is 5.32 Å². The lowest BCUT2D eigenvalue weighted by Gasteiger charge is -2.05. The quantitative estimate of drug-likeness (QED) is 0.890. The van der Waals surface area contributed by atoms with E-state index in [1.165, 1.54) is 17.2 Å². The molecular formula is C13H13BrFNS. The number of rotatable bonds is 4. The maximum atomic E-state index is 13.1. The highest BCUT2D eigenvalue weighted by Crippen LogP contribution is 2.16. The molecule has 1 nitrogen and oxygen atoms in total. The van der Waals surface area contributed by atoms with Gasteiger partial charge in [-0.3, -0.25) is 0 Å². The van der Waals surface area contributed by atoms with Crippen LogP contribution in [-0.2, 0) is 13.1 Å². The minimum atomic E-state index is -0.206. The Bertz CT molecular complexity index is 490. The van der Waals surface area contributed by atoms with Gasteiger partial charge in [0.1, 0.15) is 5.82 Å². The number of halogens is 2. The Morgan fingerprint density at radius 2 is 2.06 bits per heavy atom. The summed E-state index contributed by atoms with van der Waals surface area (Å²) in [6.45, 7) is 3.60. The molecule has 17 heavy (non-hydrogen) atoms. The molecule has 0 aliphatic carbocycles. The van der Waals surface area contributed by atoms with E-state index in [-0.39, 0.29) is 5.82 Å². The maximum absolute atomic E-state index is 13.1. The molecule has 90 valence electrons. The summed E-state index contributed by atoms with van der Waals surface area (Å²) in [5, 5.41) is 7.60. The van der Waals surface area contributed by atoms with Gasteiger partial charge in [0.2, 0.25) is 0 Å². The van der Waals surface area contributed by atoms with Gasteiger partial charge in [-0.25, -0.2) is 4.39 Å². The number of hydrogen-bond donors (Lipinski definition) is 1. The molecule has 0 saturated carbocycles. The monoisotopic (exact) mass is 313 g/mol. The lowest BCUT2D eigenvalue weighted by atomic mass is 10.2. The van der Waals surface area contributed by atoms with Crippen molar-refractivity contribution < 1.29 is 4.39 Å². The van der Waals surface area contributed by atoms with E-state index < -0.39 is 0 Å². The molecule has 1 aromatic carbocycles. The first kappa shape index (κ1) is 12.7. The van der Waals surface area contributed by atoms with Crippen molar-refractivity contribution >= 4 is 27.3 Å². The Kier molecular flexibility index (Phi) is 4.31. The second kappa shape index (κ2) is 5.76. The predicted molar refractivity (Wildman–Crippen MR) is 73.7 cm³/mol. The molecule has 1 heterocycles. The van der Waals surface area contributed by atoms with Crippen LogP contribution in [0.4, 0.5) is 4.39 Å². The van der Waals surface area contributed by atoms with E-state index in [2.05, 4.69) is 38.9 Å². The molecule has 0 spiro atoms. The first-order chi connectivity index (χ1) is 8.15. The number of benzene rings is 1. The zero-order valence-corrected chi connectivity index (χ0v) is 11.9. The van der Waals surface area contributed by atoms with Crippen LogP contribution in [0.25, 0.3) is 0 Å². The number of nitrogens with one attached hydrogen (secondary N) is 1. The Morgan fingerprint density at radius 3 is 2.71 bits per heavy atom. The highest BCUT2D eigenvalue weighted by atomic mass is 79.9. The van der Waals surface area contributed by atoms with Gasteiger partial charge >= 0.3 is 0 Å². The van der Waals surface area contributed by atoms with Gasteiger partial charge in [-0.2, -0.15) is 11.3 Å². The van der Waals surface area contributed by atoms with Crippen molar-refractivity contribution in [3.05, 3.63) is 55.9 Å². The van der Waals surface area contributed by atoms with Crippen molar-refractivity contribution in [3.63, 3.8) is 0 Å². The third kappa shape index (κ3) is 3.63. The fourth-order valence-electron chi connectivity index (χ4n) is 1.62. The maximum Gasteiger partial charge on any atom is 0.124 e. The van der Waals surface area contributed by atoms with Crippen molar-refractivity contribution in [3.8, 4) is 0 Å². The molecule has 0 amide bonds. The van der Waals surface area contributed by atoms with E-state index in [4.69, 9.17) is 0 Å². The van der Waals surface area contributed by atoms with Crippen LogP contribution in [0.1, 0.15) is 16.7 Å². The summed E-state index contributed by atoms with van der Waals surface area (Å²) in [5.74, 6) is -0.206. The lowest BCUT2D eigenvalue weighted by Crippen LogP contribution is -2.12. The molecule has 0 bridgehead atoms. The van der Waals surface area contributed by atoms with E-state index in [0.29, 0.717) is 6.54 Å². The Labute approximate surface area is 113 Å². The van der Waals surface area contributed by atoms with Gasteiger partial charge in [-0.05, 0) is 52.6 Å². The molecule has 2 rings (SSSR count). The fourth-order valence-corrected chi connectivity index (χ4v) is 2.99. The average molecular weight is 314 g/mol. The summed E-state index contributed by atoms with van der Waals surface area (Å²) in [4.78, 5) is 0. The zero-order valence-electron chi connectivity index (χ0n) is 9.47. The predicted octanol–water partition coefficient (Wildman–Crippen LogP) is 4.25. The minimum absolute atomic E-state index is 0.206. The van der Waals surface area contributed by atoms with Crippen LogP contribution in [0.5, 0.6) is 0 Å². The van der Waals surface area contributed by atoms with Crippen LogP contribution < -0.4 is 5.32 Å². The third-order valence-electron chi connectivity index (χ3n) is 2.53. The van der Waals surface area contributed by atoms with Gasteiger partial charge in [0.15, 0.2) is 0 Å². The van der Waals surface area contributed by atoms with Crippen LogP contribution in [0.15, 0.2) is 33.4 Å². The first-order valence-corrected chi connectivity index (χ1v) is 7.06. The summed E-state index contributed by atoms with van der Waals surface area (Å²) in [7, 11) is 0. The lowest BCUT2D eigenvalue weighted by molar-refractivity contribution is 0.619. The molecular weight excluding hydrogens is 301 g/mol. The number of hydrogen-bond acceptors (Lipinski definition) is 2. The van der Waals surface area contributed by atoms with Crippen LogP contribution >= 0.6 is 27.3 Å². The van der Waals surface area contributed by atoms with Gasteiger partial charge in [-0.1, -0.05) is 15.9 Å². The van der Waals surface area contributed by atoms with Gasteiger partial charge in [-0.15, -0.1) is 0 Å². The van der Waals surface area contributed by atoms with Crippen molar-refractivity contribution in [1.29, 1.82) is 0 Å². The van der Waals surface area contributed by atoms with E-state index in [1.807, 2.05) is 6.07 Å². The van der Waals surface area contributed by atoms with E-state index in [9.17, 15) is 4.39 Å². The Morgan fingerprint density at radius 1 is 1.24 bits per heavy atom. The summed E-state index contributed by atoms with van der Waals surface area (Å²) >= 11 is 5.00. The summed E-state index contributed by atoms with van der Waals surface area (Å²) < 4.78 is 13.9. The second-order valence-electron chi connectivity index (χ2n) is 3.96. The highest BCUT2D eigenvalue weighted by Gasteiger charge is 2.01. The molecule has 0 aliphatic heterocycles. The Hall–Kier alpha value is -0.710. The molecule has 2 aromatic rings. The fraction of sp³-hybridized carbons (Fsp3) is 0.231. The van der Waals surface area contributed by atoms with Crippen molar-refractivity contribution in [2.45, 2.75) is 20.0 Å². The zero-order chi connectivity index (χ0) is 12.3. The SMILES string of the molecule is Cc1cscc1CNCc1cc(F)cc(Br)c1. The molecule has 0 fully saturated rings. The van der Waals surface area contributed by atoms with Crippen molar-refractivity contribution in [2.75, 3.05) is 0 Å². The molecule has 0 radical (unpaired) electrons. The largest absolute Gasteiger partial charge is 0.309 e. The van der Waals surface area contributed by atoms with E-state index in [1.54, 1.807) is 17.4 Å². The average Bonchev–Trinajstić information content (AvgIpc) is 2.63. The molecule has 0 atom stereocenters. The molecule has 0 aliphatic rings. The number of thiophene rings is 1. The standard InChI is InChI=1S/C13H13BrFNS/c1-9-7-17-8-11(9)6-16-5-10-2-12(14)4-13(15)3-10/h2-4,7-8,16H,5-6H2,1H3. The molecule has 0 saturated heterocycles. The third-order valence-corrected chi connectivity index (χ3v) is 3.90. The second-order valence-corrected chi connectivity index (χ2v) is 5.62. The van der Waals surface area contributed by atoms with Gasteiger partial charge in [0.25, 0.3) is 0 Å². The van der Waals surface area contributed by atoms with Gasteiger partial charge in [0, 0.05) is 17.6 Å². The topological polar surface area (TPSA) is 12.0 Å². The Balaban J connectivity index is 1.92. The van der Waals surface area contributed by atoms with E-state index in [0.717, 1.165) is 16.6 Å². The summed E-state index contributed by atoms with van der Waals surface area (Å²) in [6.07, 6.45) is 0. The van der Waals surface area contributed by atoms with Crippen LogP contribution in [0.3, 0.4) is 0 Å². The molecule has 4 heteroatoms. The normalized spacial score (nSPS) is 10.8. The van der Waals surface area contributed by atoms with E-state index >= 15 is 0 Å². The highest BCUT2D eigenvalue weighted by molar-refractivity contribution is 9.10. The molecule has 1 aromatic heterocycles. The van der Waals surface area contributed by atoms with Gasteiger partial charge in [0.05, 0.1) is 0 Å². The smallest absolute Gasteiger partial charge is 0.124 e. The summed E-state index contributed by atoms with van der Waals surface area (Å²) in [5.41, 5.74) is 3.57. The van der Waals surface area contributed by atoms with Crippen LogP contribution in [0, 0.1) is 12.7 Å². The molecule has 1 N–H and O–H groups in total. The summed E-state index contributed by atoms with van der Waals surface area (Å²) in [6, 6.07) is 4.95. The van der Waals surface area contributed by atoms with Crippen LogP contribution in [-0.4, -0.2) is 0 Å². The molecule has 0 unspecified atom stereocenters. The minimum Gasteiger partial charge on any atom is -0.309 e. The first-order valence-electron chi connectivity index (χ1n) is 5.32.